The van der Waals surface area contributed by atoms with Crippen molar-refractivity contribution in [3.63, 3.8) is 0 Å². The van der Waals surface area contributed by atoms with Gasteiger partial charge in [0.05, 0.1) is 23.7 Å². The Bertz CT molecular complexity index is 533. The molecule has 0 aliphatic heterocycles. The zero-order chi connectivity index (χ0) is 13.8. The molecule has 0 radical (unpaired) electrons. The molecule has 102 valence electrons. The monoisotopic (exact) mass is 278 g/mol. The van der Waals surface area contributed by atoms with E-state index in [4.69, 9.17) is 0 Å². The Labute approximate surface area is 116 Å². The van der Waals surface area contributed by atoms with Crippen LogP contribution >= 0.6 is 11.3 Å². The summed E-state index contributed by atoms with van der Waals surface area (Å²) in [7, 11) is 0. The summed E-state index contributed by atoms with van der Waals surface area (Å²) in [5.74, 6) is 0.311. The van der Waals surface area contributed by atoms with Gasteiger partial charge in [0.25, 0.3) is 5.91 Å². The van der Waals surface area contributed by atoms with Gasteiger partial charge in [-0.3, -0.25) is 9.48 Å². The third-order valence-electron chi connectivity index (χ3n) is 2.93. The second-order valence-corrected chi connectivity index (χ2v) is 5.85. The Balaban J connectivity index is 2.02. The van der Waals surface area contributed by atoms with Crippen molar-refractivity contribution in [2.24, 2.45) is 5.92 Å². The normalized spacial score (nSPS) is 12.6. The molecule has 19 heavy (non-hydrogen) atoms. The Morgan fingerprint density at radius 1 is 1.53 bits per heavy atom. The van der Waals surface area contributed by atoms with Crippen LogP contribution in [0.4, 0.5) is 0 Å². The molecule has 1 N–H and O–H groups in total. The lowest BCUT2D eigenvalue weighted by Crippen LogP contribution is -2.41. The number of aromatic nitrogens is 3. The lowest BCUT2D eigenvalue weighted by atomic mass is 10.0. The minimum absolute atomic E-state index is 0.0167. The predicted octanol–water partition coefficient (Wildman–Crippen LogP) is 2.10. The summed E-state index contributed by atoms with van der Waals surface area (Å²) in [6.45, 7) is 6.79. The highest BCUT2D eigenvalue weighted by Crippen LogP contribution is 2.14. The smallest absolute Gasteiger partial charge is 0.261 e. The molecule has 2 aromatic heterocycles. The highest BCUT2D eigenvalue weighted by molar-refractivity contribution is 7.12. The van der Waals surface area contributed by atoms with Crippen molar-refractivity contribution in [3.8, 4) is 0 Å². The predicted molar refractivity (Wildman–Crippen MR) is 75.2 cm³/mol. The van der Waals surface area contributed by atoms with Crippen molar-refractivity contribution in [1.29, 1.82) is 0 Å². The Morgan fingerprint density at radius 3 is 2.84 bits per heavy atom. The van der Waals surface area contributed by atoms with Gasteiger partial charge in [0, 0.05) is 6.20 Å². The summed E-state index contributed by atoms with van der Waals surface area (Å²) in [4.78, 5) is 12.9. The number of amides is 1. The molecule has 0 unspecified atom stereocenters. The maximum Gasteiger partial charge on any atom is 0.261 e. The van der Waals surface area contributed by atoms with Crippen molar-refractivity contribution in [2.75, 3.05) is 0 Å². The van der Waals surface area contributed by atoms with Crippen molar-refractivity contribution in [1.82, 2.24) is 20.3 Å². The number of rotatable bonds is 5. The zero-order valence-corrected chi connectivity index (χ0v) is 12.1. The molecule has 6 heteroatoms. The van der Waals surface area contributed by atoms with E-state index in [0.717, 1.165) is 10.4 Å². The molecule has 1 atom stereocenters. The molecule has 0 saturated carbocycles. The van der Waals surface area contributed by atoms with Crippen LogP contribution in [-0.4, -0.2) is 26.9 Å². The first-order valence-electron chi connectivity index (χ1n) is 6.26. The van der Waals surface area contributed by atoms with Crippen molar-refractivity contribution >= 4 is 17.2 Å². The van der Waals surface area contributed by atoms with Gasteiger partial charge in [-0.2, -0.15) is 0 Å². The summed E-state index contributed by atoms with van der Waals surface area (Å²) in [6.07, 6.45) is 3.44. The van der Waals surface area contributed by atoms with Gasteiger partial charge in [-0.1, -0.05) is 19.1 Å². The van der Waals surface area contributed by atoms with E-state index in [9.17, 15) is 4.79 Å². The largest absolute Gasteiger partial charge is 0.346 e. The van der Waals surface area contributed by atoms with E-state index in [-0.39, 0.29) is 11.9 Å². The average molecular weight is 278 g/mol. The highest BCUT2D eigenvalue weighted by Gasteiger charge is 2.18. The first-order chi connectivity index (χ1) is 9.06. The molecule has 2 rings (SSSR count). The van der Waals surface area contributed by atoms with Gasteiger partial charge in [0.15, 0.2) is 0 Å². The number of carbonyl (C=O) groups excluding carboxylic acids is 1. The Morgan fingerprint density at radius 2 is 2.32 bits per heavy atom. The van der Waals surface area contributed by atoms with Crippen LogP contribution in [0.3, 0.4) is 0 Å². The number of carbonyl (C=O) groups is 1. The first kappa shape index (κ1) is 13.7. The van der Waals surface area contributed by atoms with Crippen LogP contribution in [0.2, 0.25) is 0 Å². The third-order valence-corrected chi connectivity index (χ3v) is 3.98. The number of hydrogen-bond acceptors (Lipinski definition) is 4. The number of nitrogens with zero attached hydrogens (tertiary/aromatic N) is 3. The van der Waals surface area contributed by atoms with Crippen LogP contribution < -0.4 is 5.32 Å². The van der Waals surface area contributed by atoms with Crippen molar-refractivity contribution in [2.45, 2.75) is 33.4 Å². The van der Waals surface area contributed by atoms with Crippen LogP contribution in [0.15, 0.2) is 23.8 Å². The number of nitrogens with one attached hydrogen (secondary N) is 1. The van der Waals surface area contributed by atoms with E-state index in [0.29, 0.717) is 12.5 Å². The average Bonchev–Trinajstić information content (AvgIpc) is 2.99. The molecule has 0 aromatic carbocycles. The summed E-state index contributed by atoms with van der Waals surface area (Å²) < 4.78 is 1.74. The van der Waals surface area contributed by atoms with Gasteiger partial charge in [0.2, 0.25) is 0 Å². The van der Waals surface area contributed by atoms with E-state index in [1.54, 1.807) is 17.1 Å². The molecule has 5 nitrogen and oxygen atoms in total. The molecular formula is C13H18N4OS. The summed E-state index contributed by atoms with van der Waals surface area (Å²) in [5, 5.41) is 12.8. The second-order valence-electron chi connectivity index (χ2n) is 4.94. The molecular weight excluding hydrogens is 260 g/mol. The fraction of sp³-hybridized carbons (Fsp3) is 0.462. The molecule has 2 aromatic rings. The van der Waals surface area contributed by atoms with Crippen molar-refractivity contribution < 1.29 is 4.79 Å². The minimum Gasteiger partial charge on any atom is -0.346 e. The lowest BCUT2D eigenvalue weighted by molar-refractivity contribution is 0.0923. The lowest BCUT2D eigenvalue weighted by Gasteiger charge is -2.21. The van der Waals surface area contributed by atoms with Gasteiger partial charge in [-0.25, -0.2) is 0 Å². The maximum absolute atomic E-state index is 12.2. The van der Waals surface area contributed by atoms with Crippen molar-refractivity contribution in [3.05, 3.63) is 34.3 Å². The Kier molecular flexibility index (Phi) is 4.31. The first-order valence-corrected chi connectivity index (χ1v) is 7.14. The Hall–Kier alpha value is -1.69. The van der Waals surface area contributed by atoms with Crippen LogP contribution in [0.1, 0.15) is 29.1 Å². The van der Waals surface area contributed by atoms with Gasteiger partial charge in [-0.05, 0) is 29.9 Å². The standard InChI is InChI=1S/C13H18N4OS/c1-9(2)11(7-17-5-4-14-16-17)15-13(18)12-6-10(3)8-19-12/h4-6,8-9,11H,7H2,1-3H3,(H,15,18)/t11-/m1/s1. The maximum atomic E-state index is 12.2. The van der Waals surface area contributed by atoms with E-state index in [1.165, 1.54) is 11.3 Å². The summed E-state index contributed by atoms with van der Waals surface area (Å²) >= 11 is 1.47. The molecule has 0 aliphatic rings. The quantitative estimate of drug-likeness (QED) is 0.911. The fourth-order valence-corrected chi connectivity index (χ4v) is 2.55. The van der Waals surface area contributed by atoms with Gasteiger partial charge < -0.3 is 5.32 Å². The topological polar surface area (TPSA) is 59.8 Å². The summed E-state index contributed by atoms with van der Waals surface area (Å²) in [6, 6.07) is 1.95. The zero-order valence-electron chi connectivity index (χ0n) is 11.3. The molecule has 0 bridgehead atoms. The molecule has 0 spiro atoms. The van der Waals surface area contributed by atoms with E-state index in [2.05, 4.69) is 29.5 Å². The number of hydrogen-bond donors (Lipinski definition) is 1. The molecule has 0 fully saturated rings. The number of thiophene rings is 1. The molecule has 0 aliphatic carbocycles. The molecule has 0 saturated heterocycles. The van der Waals surface area contributed by atoms with Crippen LogP contribution in [-0.2, 0) is 6.54 Å². The highest BCUT2D eigenvalue weighted by atomic mass is 32.1. The van der Waals surface area contributed by atoms with Gasteiger partial charge >= 0.3 is 0 Å². The van der Waals surface area contributed by atoms with Gasteiger partial charge in [-0.15, -0.1) is 16.4 Å². The summed E-state index contributed by atoms with van der Waals surface area (Å²) in [5.41, 5.74) is 1.12. The SMILES string of the molecule is Cc1csc(C(=O)N[C@H](Cn2ccnn2)C(C)C)c1. The molecule has 2 heterocycles. The van der Waals surface area contributed by atoms with E-state index < -0.39 is 0 Å². The van der Waals surface area contributed by atoms with E-state index in [1.807, 2.05) is 18.4 Å². The second kappa shape index (κ2) is 5.97. The van der Waals surface area contributed by atoms with E-state index >= 15 is 0 Å². The molecule has 1 amide bonds. The fourth-order valence-electron chi connectivity index (χ4n) is 1.74. The van der Waals surface area contributed by atoms with Crippen LogP contribution in [0.25, 0.3) is 0 Å². The number of aryl methyl sites for hydroxylation is 1. The van der Waals surface area contributed by atoms with Gasteiger partial charge in [0.1, 0.15) is 0 Å². The third kappa shape index (κ3) is 3.64. The minimum atomic E-state index is -0.0167. The van der Waals surface area contributed by atoms with Crippen LogP contribution in [0.5, 0.6) is 0 Å². The van der Waals surface area contributed by atoms with Crippen LogP contribution in [0, 0.1) is 12.8 Å².